The highest BCUT2D eigenvalue weighted by molar-refractivity contribution is 5.22. The molecule has 1 aliphatic rings. The summed E-state index contributed by atoms with van der Waals surface area (Å²) in [7, 11) is 0. The quantitative estimate of drug-likeness (QED) is 0.315. The Morgan fingerprint density at radius 1 is 1.10 bits per heavy atom. The van der Waals surface area contributed by atoms with Crippen LogP contribution in [-0.4, -0.2) is 26.2 Å². The van der Waals surface area contributed by atoms with Crippen LogP contribution >= 0.6 is 0 Å². The molecule has 10 heteroatoms. The smallest absolute Gasteiger partial charge is 0.356 e. The second-order valence-corrected chi connectivity index (χ2v) is 6.37. The number of nitrogens with zero attached hydrogens (tertiary/aromatic N) is 4. The summed E-state index contributed by atoms with van der Waals surface area (Å²) in [6, 6.07) is 1.32. The van der Waals surface area contributed by atoms with Crippen LogP contribution in [0.1, 0.15) is 23.6 Å². The van der Waals surface area contributed by atoms with Crippen molar-refractivity contribution >= 4 is 0 Å². The van der Waals surface area contributed by atoms with Crippen LogP contribution in [-0.2, 0) is 25.7 Å². The Morgan fingerprint density at radius 2 is 1.83 bits per heavy atom. The van der Waals surface area contributed by atoms with Crippen LogP contribution < -0.4 is 0 Å². The molecule has 2 aromatic rings. The average Bonchev–Trinajstić information content (AvgIpc) is 3.09. The van der Waals surface area contributed by atoms with E-state index in [-0.39, 0.29) is 37.4 Å². The van der Waals surface area contributed by atoms with Gasteiger partial charge in [0, 0.05) is 19.2 Å². The molecule has 0 amide bonds. The Labute approximate surface area is 162 Å². The van der Waals surface area contributed by atoms with Gasteiger partial charge in [0.15, 0.2) is 17.5 Å². The van der Waals surface area contributed by atoms with Crippen molar-refractivity contribution in [2.45, 2.75) is 32.1 Å². The molecule has 0 aliphatic carbocycles. The molecule has 2 heterocycles. The third kappa shape index (κ3) is 4.54. The van der Waals surface area contributed by atoms with Gasteiger partial charge in [-0.2, -0.15) is 13.2 Å². The number of halogens is 6. The Morgan fingerprint density at radius 3 is 2.52 bits per heavy atom. The molecular weight excluding hydrogens is 398 g/mol. The lowest BCUT2D eigenvalue weighted by Crippen LogP contribution is -2.34. The van der Waals surface area contributed by atoms with Gasteiger partial charge in [-0.3, -0.25) is 0 Å². The highest BCUT2D eigenvalue weighted by Crippen LogP contribution is 2.30. The fourth-order valence-electron chi connectivity index (χ4n) is 3.04. The number of fused-ring (bicyclic) bond motifs is 1. The third-order valence-corrected chi connectivity index (χ3v) is 4.47. The number of aryl methyl sites for hydroxylation is 1. The van der Waals surface area contributed by atoms with Gasteiger partial charge in [-0.05, 0) is 30.5 Å². The van der Waals surface area contributed by atoms with E-state index in [1.807, 2.05) is 0 Å². The Balaban J connectivity index is 1.63. The molecule has 0 fully saturated rings. The maximum atomic E-state index is 13.6. The molecule has 1 aromatic carbocycles. The number of benzene rings is 1. The van der Waals surface area contributed by atoms with Crippen LogP contribution in [0, 0.1) is 17.5 Å². The zero-order valence-electron chi connectivity index (χ0n) is 15.1. The summed E-state index contributed by atoms with van der Waals surface area (Å²) >= 11 is 0. The lowest BCUT2D eigenvalue weighted by molar-refractivity contribution is -0.147. The van der Waals surface area contributed by atoms with Gasteiger partial charge in [-0.25, -0.2) is 13.2 Å². The summed E-state index contributed by atoms with van der Waals surface area (Å²) in [6.07, 6.45) is -0.779. The van der Waals surface area contributed by atoms with Gasteiger partial charge in [0.05, 0.1) is 12.2 Å². The van der Waals surface area contributed by atoms with Crippen molar-refractivity contribution in [2.75, 3.05) is 6.54 Å². The van der Waals surface area contributed by atoms with E-state index < -0.39 is 29.5 Å². The number of aromatic nitrogens is 3. The Hall–Kier alpha value is -3.00. The summed E-state index contributed by atoms with van der Waals surface area (Å²) in [5, 5.41) is 6.83. The molecule has 1 aliphatic heterocycles. The fourth-order valence-corrected chi connectivity index (χ4v) is 3.04. The van der Waals surface area contributed by atoms with Crippen LogP contribution in [0.2, 0.25) is 0 Å². The second kappa shape index (κ2) is 8.16. The van der Waals surface area contributed by atoms with Crippen molar-refractivity contribution in [1.82, 2.24) is 19.7 Å². The lowest BCUT2D eigenvalue weighted by atomic mass is 10.1. The monoisotopic (exact) mass is 414 g/mol. The summed E-state index contributed by atoms with van der Waals surface area (Å²) in [4.78, 5) is 1.74. The standard InChI is InChI=1S/C19H16F6N4/c1-2-13(6-4-3-5-12-9-15(21)16(22)10-14(12)20)28-7-8-29-17(11-28)26-27-18(29)19(23,24)25/h4,6,9-10H,1,3,5,7-8,11H2/b6-4+. The predicted octanol–water partition coefficient (Wildman–Crippen LogP) is 4.39. The minimum atomic E-state index is -4.57. The first kappa shape index (κ1) is 20.7. The number of allylic oxidation sites excluding steroid dienone is 2. The molecule has 1 aromatic heterocycles. The molecule has 3 rings (SSSR count). The first-order chi connectivity index (χ1) is 13.7. The van der Waals surface area contributed by atoms with Crippen LogP contribution in [0.15, 0.2) is 42.3 Å². The van der Waals surface area contributed by atoms with E-state index in [4.69, 9.17) is 0 Å². The largest absolute Gasteiger partial charge is 0.451 e. The van der Waals surface area contributed by atoms with Gasteiger partial charge in [0.2, 0.25) is 5.82 Å². The third-order valence-electron chi connectivity index (χ3n) is 4.47. The van der Waals surface area contributed by atoms with E-state index in [1.54, 1.807) is 17.1 Å². The normalized spacial score (nSPS) is 14.2. The van der Waals surface area contributed by atoms with Crippen LogP contribution in [0.4, 0.5) is 26.3 Å². The van der Waals surface area contributed by atoms with Crippen LogP contribution in [0.3, 0.4) is 0 Å². The SMILES string of the molecule is C=C=C(/C=C/CCc1cc(F)c(F)cc1F)N1CCn2c(nnc2C(F)(F)F)C1. The first-order valence-electron chi connectivity index (χ1n) is 8.65. The van der Waals surface area contributed by atoms with E-state index in [9.17, 15) is 26.3 Å². The summed E-state index contributed by atoms with van der Waals surface area (Å²) < 4.78 is 79.6. The predicted molar refractivity (Wildman–Crippen MR) is 91.9 cm³/mol. The summed E-state index contributed by atoms with van der Waals surface area (Å²) in [5.41, 5.74) is 3.28. The highest BCUT2D eigenvalue weighted by atomic mass is 19.4. The summed E-state index contributed by atoms with van der Waals surface area (Å²) in [5.74, 6) is -4.04. The minimum Gasteiger partial charge on any atom is -0.356 e. The van der Waals surface area contributed by atoms with E-state index in [0.29, 0.717) is 18.2 Å². The molecule has 29 heavy (non-hydrogen) atoms. The van der Waals surface area contributed by atoms with Crippen molar-refractivity contribution < 1.29 is 26.3 Å². The van der Waals surface area contributed by atoms with Crippen LogP contribution in [0.5, 0.6) is 0 Å². The van der Waals surface area contributed by atoms with Gasteiger partial charge in [0.1, 0.15) is 5.82 Å². The van der Waals surface area contributed by atoms with Gasteiger partial charge in [-0.1, -0.05) is 12.7 Å². The molecule has 0 atom stereocenters. The second-order valence-electron chi connectivity index (χ2n) is 6.37. The Kier molecular flexibility index (Phi) is 5.83. The molecule has 0 unspecified atom stereocenters. The first-order valence-corrected chi connectivity index (χ1v) is 8.65. The van der Waals surface area contributed by atoms with Crippen molar-refractivity contribution in [2.24, 2.45) is 0 Å². The van der Waals surface area contributed by atoms with E-state index in [1.165, 1.54) is 0 Å². The maximum Gasteiger partial charge on any atom is 0.451 e. The molecule has 0 spiro atoms. The molecule has 154 valence electrons. The maximum absolute atomic E-state index is 13.6. The van der Waals surface area contributed by atoms with Crippen LogP contribution in [0.25, 0.3) is 0 Å². The highest BCUT2D eigenvalue weighted by Gasteiger charge is 2.39. The zero-order chi connectivity index (χ0) is 21.2. The molecule has 0 saturated carbocycles. The number of hydrogen-bond acceptors (Lipinski definition) is 3. The van der Waals surface area contributed by atoms with Crippen molar-refractivity contribution in [3.63, 3.8) is 0 Å². The van der Waals surface area contributed by atoms with Crippen molar-refractivity contribution in [3.05, 3.63) is 77.0 Å². The zero-order valence-corrected chi connectivity index (χ0v) is 15.1. The Bertz CT molecular complexity index is 985. The van der Waals surface area contributed by atoms with Gasteiger partial charge in [-0.15, -0.1) is 15.9 Å². The van der Waals surface area contributed by atoms with Gasteiger partial charge < -0.3 is 9.47 Å². The van der Waals surface area contributed by atoms with Gasteiger partial charge >= 0.3 is 6.18 Å². The average molecular weight is 414 g/mol. The van der Waals surface area contributed by atoms with E-state index in [2.05, 4.69) is 22.5 Å². The summed E-state index contributed by atoms with van der Waals surface area (Å²) in [6.45, 7) is 4.00. The lowest BCUT2D eigenvalue weighted by Gasteiger charge is -2.29. The van der Waals surface area contributed by atoms with Gasteiger partial charge in [0.25, 0.3) is 0 Å². The number of hydrogen-bond donors (Lipinski definition) is 0. The topological polar surface area (TPSA) is 34.0 Å². The molecule has 0 bridgehead atoms. The molecule has 0 saturated heterocycles. The molecule has 0 radical (unpaired) electrons. The van der Waals surface area contributed by atoms with Crippen molar-refractivity contribution in [1.29, 1.82) is 0 Å². The van der Waals surface area contributed by atoms with E-state index in [0.717, 1.165) is 10.6 Å². The van der Waals surface area contributed by atoms with Crippen molar-refractivity contribution in [3.8, 4) is 0 Å². The minimum absolute atomic E-state index is 0.0448. The number of alkyl halides is 3. The fraction of sp³-hybridized carbons (Fsp3) is 0.316. The molecule has 4 nitrogen and oxygen atoms in total. The molecule has 0 N–H and O–H groups in total. The molecular formula is C19H16F6N4. The van der Waals surface area contributed by atoms with E-state index >= 15 is 0 Å². The number of rotatable bonds is 5.